The number of hydrogen-bond donors (Lipinski definition) is 0. The van der Waals surface area contributed by atoms with Gasteiger partial charge in [0, 0.05) is 19.0 Å². The summed E-state index contributed by atoms with van der Waals surface area (Å²) >= 11 is 0. The van der Waals surface area contributed by atoms with Gasteiger partial charge in [0.1, 0.15) is 5.69 Å². The van der Waals surface area contributed by atoms with Crippen molar-refractivity contribution >= 4 is 32.7 Å². The lowest BCUT2D eigenvalue weighted by Crippen LogP contribution is -2.37. The van der Waals surface area contributed by atoms with Crippen molar-refractivity contribution in [1.29, 1.82) is 0 Å². The van der Waals surface area contributed by atoms with Crippen molar-refractivity contribution in [2.75, 3.05) is 24.8 Å². The molecule has 0 unspecified atom stereocenters. The van der Waals surface area contributed by atoms with Gasteiger partial charge in [-0.1, -0.05) is 12.1 Å². The Balaban J connectivity index is 1.93. The van der Waals surface area contributed by atoms with E-state index in [2.05, 4.69) is 4.98 Å². The number of amides is 1. The molecule has 3 aromatic rings. The Kier molecular flexibility index (Phi) is 5.59. The Hall–Kier alpha value is -3.34. The number of para-hydroxylation sites is 2. The molecular weight excluding hydrogens is 402 g/mol. The van der Waals surface area contributed by atoms with E-state index in [1.54, 1.807) is 24.3 Å². The number of oxazole rings is 1. The van der Waals surface area contributed by atoms with E-state index in [4.69, 9.17) is 13.9 Å². The average Bonchev–Trinajstić information content (AvgIpc) is 3.00. The number of rotatable bonds is 7. The van der Waals surface area contributed by atoms with Gasteiger partial charge in [0.25, 0.3) is 0 Å². The monoisotopic (exact) mass is 421 g/mol. The Morgan fingerprint density at radius 2 is 1.90 bits per heavy atom. The second kappa shape index (κ2) is 7.95. The Morgan fingerprint density at radius 3 is 2.55 bits per heavy atom. The first-order valence-corrected chi connectivity index (χ1v) is 10.3. The van der Waals surface area contributed by atoms with Gasteiger partial charge in [-0.3, -0.25) is 9.36 Å². The van der Waals surface area contributed by atoms with Gasteiger partial charge in [0.2, 0.25) is 27.7 Å². The van der Waals surface area contributed by atoms with Crippen LogP contribution in [0.25, 0.3) is 11.1 Å². The van der Waals surface area contributed by atoms with Crippen LogP contribution in [0.1, 0.15) is 6.42 Å². The number of carbonyl (C=O) groups is 1. The van der Waals surface area contributed by atoms with Crippen molar-refractivity contribution < 1.29 is 27.1 Å². The van der Waals surface area contributed by atoms with Crippen LogP contribution in [0.4, 0.5) is 5.69 Å². The molecule has 0 spiro atoms. The van der Waals surface area contributed by atoms with Crippen molar-refractivity contribution in [3.63, 3.8) is 0 Å². The number of sulfonamides is 1. The van der Waals surface area contributed by atoms with Gasteiger partial charge in [0.05, 0.1) is 26.0 Å². The Labute approximate surface area is 166 Å². The van der Waals surface area contributed by atoms with Crippen LogP contribution in [0.15, 0.2) is 45.6 Å². The second-order valence-corrected chi connectivity index (χ2v) is 7.87. The fraction of sp³-hybridized carbons (Fsp3) is 0.278. The molecule has 0 atom stereocenters. The van der Waals surface area contributed by atoms with Gasteiger partial charge >= 0.3 is 5.76 Å². The summed E-state index contributed by atoms with van der Waals surface area (Å²) in [6.45, 7) is -0.0629. The van der Waals surface area contributed by atoms with Crippen LogP contribution in [0.5, 0.6) is 11.8 Å². The number of carbonyl (C=O) groups excluding carboxylic acids is 1. The maximum absolute atomic E-state index is 12.8. The number of aromatic nitrogens is 2. The summed E-state index contributed by atoms with van der Waals surface area (Å²) in [6.07, 6.45) is 0.625. The smallest absolute Gasteiger partial charge is 0.419 e. The van der Waals surface area contributed by atoms with E-state index in [0.717, 1.165) is 6.26 Å². The molecule has 10 nitrogen and oxygen atoms in total. The van der Waals surface area contributed by atoms with Crippen LogP contribution in [-0.4, -0.2) is 44.4 Å². The highest BCUT2D eigenvalue weighted by Crippen LogP contribution is 2.31. The van der Waals surface area contributed by atoms with Crippen molar-refractivity contribution in [3.8, 4) is 11.8 Å². The van der Waals surface area contributed by atoms with Crippen LogP contribution in [0.3, 0.4) is 0 Å². The first-order valence-electron chi connectivity index (χ1n) is 8.46. The minimum atomic E-state index is -4.00. The largest absolute Gasteiger partial charge is 0.481 e. The number of hydrogen-bond acceptors (Lipinski definition) is 8. The molecule has 0 aliphatic carbocycles. The fourth-order valence-corrected chi connectivity index (χ4v) is 3.82. The molecule has 1 amide bonds. The predicted molar refractivity (Wildman–Crippen MR) is 105 cm³/mol. The van der Waals surface area contributed by atoms with Gasteiger partial charge in [-0.2, -0.15) is 4.98 Å². The summed E-state index contributed by atoms with van der Waals surface area (Å²) in [4.78, 5) is 28.9. The molecule has 0 radical (unpaired) electrons. The number of nitrogens with zero attached hydrogens (tertiary/aromatic N) is 3. The van der Waals surface area contributed by atoms with E-state index in [1.807, 2.05) is 0 Å². The van der Waals surface area contributed by atoms with Crippen LogP contribution in [0.2, 0.25) is 0 Å². The third-order valence-corrected chi connectivity index (χ3v) is 5.18. The highest BCUT2D eigenvalue weighted by molar-refractivity contribution is 7.92. The molecule has 0 aliphatic heterocycles. The number of benzene rings is 1. The Bertz CT molecular complexity index is 1210. The molecule has 0 saturated carbocycles. The zero-order valence-corrected chi connectivity index (χ0v) is 16.8. The summed E-state index contributed by atoms with van der Waals surface area (Å²) in [6, 6.07) is 9.53. The van der Waals surface area contributed by atoms with Gasteiger partial charge in [0.15, 0.2) is 5.58 Å². The molecule has 0 bridgehead atoms. The zero-order chi connectivity index (χ0) is 21.2. The van der Waals surface area contributed by atoms with Gasteiger partial charge in [-0.15, -0.1) is 0 Å². The average molecular weight is 421 g/mol. The highest BCUT2D eigenvalue weighted by Gasteiger charge is 2.29. The number of pyridine rings is 1. The van der Waals surface area contributed by atoms with Crippen LogP contribution < -0.4 is 19.5 Å². The second-order valence-electron chi connectivity index (χ2n) is 6.04. The molecule has 2 aromatic heterocycles. The number of anilines is 1. The fourth-order valence-electron chi connectivity index (χ4n) is 2.87. The lowest BCUT2D eigenvalue weighted by molar-refractivity contribution is -0.117. The summed E-state index contributed by atoms with van der Waals surface area (Å²) < 4.78 is 41.8. The lowest BCUT2D eigenvalue weighted by atomic mass is 10.3. The molecule has 154 valence electrons. The molecule has 3 rings (SSSR count). The van der Waals surface area contributed by atoms with E-state index < -0.39 is 21.7 Å². The first-order chi connectivity index (χ1) is 13.8. The molecule has 0 N–H and O–H groups in total. The normalized spacial score (nSPS) is 11.4. The predicted octanol–water partition coefficient (Wildman–Crippen LogP) is 1.39. The molecule has 11 heteroatoms. The molecule has 29 heavy (non-hydrogen) atoms. The van der Waals surface area contributed by atoms with Crippen LogP contribution >= 0.6 is 0 Å². The molecular formula is C18H19N3O7S. The van der Waals surface area contributed by atoms with Gasteiger partial charge in [-0.05, 0) is 18.2 Å². The van der Waals surface area contributed by atoms with Crippen LogP contribution in [-0.2, 0) is 21.4 Å². The van der Waals surface area contributed by atoms with Gasteiger partial charge < -0.3 is 13.9 Å². The molecule has 0 saturated heterocycles. The standard InChI is InChI=1S/C18H19N3O7S/c1-26-15-9-8-13(17(19-15)27-2)21(29(3,24)25)16(22)10-11-20-12-6-4-5-7-14(12)28-18(20)23/h4-9H,10-11H2,1-3H3. The summed E-state index contributed by atoms with van der Waals surface area (Å²) in [5.41, 5.74) is 0.844. The van der Waals surface area contributed by atoms with E-state index >= 15 is 0 Å². The minimum absolute atomic E-state index is 0.0507. The van der Waals surface area contributed by atoms with Crippen molar-refractivity contribution in [3.05, 3.63) is 46.9 Å². The quantitative estimate of drug-likeness (QED) is 0.561. The third kappa shape index (κ3) is 4.09. The van der Waals surface area contributed by atoms with Crippen molar-refractivity contribution in [2.24, 2.45) is 0 Å². The third-order valence-electron chi connectivity index (χ3n) is 4.12. The van der Waals surface area contributed by atoms with Gasteiger partial charge in [-0.25, -0.2) is 17.5 Å². The maximum atomic E-state index is 12.8. The first kappa shape index (κ1) is 20.4. The SMILES string of the molecule is COc1ccc(N(C(=O)CCn2c(=O)oc3ccccc32)S(C)(=O)=O)c(OC)n1. The topological polar surface area (TPSA) is 121 Å². The number of methoxy groups -OCH3 is 2. The maximum Gasteiger partial charge on any atom is 0.419 e. The lowest BCUT2D eigenvalue weighted by Gasteiger charge is -2.22. The van der Waals surface area contributed by atoms with E-state index in [9.17, 15) is 18.0 Å². The molecule has 2 heterocycles. The molecule has 0 aliphatic rings. The van der Waals surface area contributed by atoms with Crippen molar-refractivity contribution in [1.82, 2.24) is 9.55 Å². The van der Waals surface area contributed by atoms with Crippen LogP contribution in [0, 0.1) is 0 Å². The highest BCUT2D eigenvalue weighted by atomic mass is 32.2. The minimum Gasteiger partial charge on any atom is -0.481 e. The zero-order valence-electron chi connectivity index (χ0n) is 16.0. The molecule has 1 aromatic carbocycles. The summed E-state index contributed by atoms with van der Waals surface area (Å²) in [5, 5.41) is 0. The number of fused-ring (bicyclic) bond motifs is 1. The van der Waals surface area contributed by atoms with E-state index in [-0.39, 0.29) is 30.4 Å². The van der Waals surface area contributed by atoms with Crippen molar-refractivity contribution in [2.45, 2.75) is 13.0 Å². The molecule has 0 fully saturated rings. The number of aryl methyl sites for hydroxylation is 1. The number of ether oxygens (including phenoxy) is 2. The van der Waals surface area contributed by atoms with E-state index in [1.165, 1.54) is 30.9 Å². The summed E-state index contributed by atoms with van der Waals surface area (Å²) in [5.74, 6) is -1.28. The summed E-state index contributed by atoms with van der Waals surface area (Å²) in [7, 11) is -1.31. The van der Waals surface area contributed by atoms with E-state index in [0.29, 0.717) is 15.4 Å². The Morgan fingerprint density at radius 1 is 1.17 bits per heavy atom.